The van der Waals surface area contributed by atoms with E-state index in [1.165, 1.54) is 0 Å². The fourth-order valence-electron chi connectivity index (χ4n) is 1.90. The van der Waals surface area contributed by atoms with Crippen molar-refractivity contribution in [1.29, 1.82) is 0 Å². The maximum Gasteiger partial charge on any atom is 0.160 e. The molecule has 0 bridgehead atoms. The summed E-state index contributed by atoms with van der Waals surface area (Å²) in [5.41, 5.74) is 1.08. The summed E-state index contributed by atoms with van der Waals surface area (Å²) in [7, 11) is 0. The number of hydrogen-bond donors (Lipinski definition) is 2. The molecule has 1 aromatic carbocycles. The van der Waals surface area contributed by atoms with Crippen LogP contribution in [0.4, 0.5) is 0 Å². The van der Waals surface area contributed by atoms with Crippen molar-refractivity contribution in [1.82, 2.24) is 0 Å². The first-order chi connectivity index (χ1) is 8.18. The zero-order valence-electron chi connectivity index (χ0n) is 9.82. The van der Waals surface area contributed by atoms with Gasteiger partial charge < -0.3 is 19.7 Å². The highest BCUT2D eigenvalue weighted by atomic mass is 16.6. The Morgan fingerprint density at radius 3 is 2.53 bits per heavy atom. The van der Waals surface area contributed by atoms with Crippen molar-refractivity contribution in [2.24, 2.45) is 5.92 Å². The van der Waals surface area contributed by atoms with E-state index in [0.29, 0.717) is 6.61 Å². The van der Waals surface area contributed by atoms with Crippen molar-refractivity contribution < 1.29 is 19.7 Å². The zero-order valence-corrected chi connectivity index (χ0v) is 9.82. The van der Waals surface area contributed by atoms with Gasteiger partial charge in [-0.25, -0.2) is 0 Å². The van der Waals surface area contributed by atoms with E-state index in [1.54, 1.807) is 6.92 Å². The molecule has 1 aromatic rings. The third kappa shape index (κ3) is 3.04. The molecule has 0 saturated carbocycles. The molecule has 0 radical (unpaired) electrons. The van der Waals surface area contributed by atoms with Crippen LogP contribution in [-0.2, 0) is 16.1 Å². The SMILES string of the molecule is CC1C(O)OC(COCc2ccccc2)C1O. The third-order valence-corrected chi connectivity index (χ3v) is 3.08. The molecule has 17 heavy (non-hydrogen) atoms. The molecule has 0 spiro atoms. The predicted molar refractivity (Wildman–Crippen MR) is 62.1 cm³/mol. The number of aliphatic hydroxyl groups excluding tert-OH is 2. The molecule has 1 aliphatic heterocycles. The van der Waals surface area contributed by atoms with Gasteiger partial charge in [-0.3, -0.25) is 0 Å². The van der Waals surface area contributed by atoms with E-state index >= 15 is 0 Å². The minimum absolute atomic E-state index is 0.264. The van der Waals surface area contributed by atoms with E-state index in [2.05, 4.69) is 0 Å². The van der Waals surface area contributed by atoms with E-state index in [-0.39, 0.29) is 12.5 Å². The molecule has 94 valence electrons. The highest BCUT2D eigenvalue weighted by Gasteiger charge is 2.39. The Labute approximate surface area is 101 Å². The Morgan fingerprint density at radius 2 is 1.94 bits per heavy atom. The molecule has 4 atom stereocenters. The van der Waals surface area contributed by atoms with Crippen LogP contribution in [0.3, 0.4) is 0 Å². The summed E-state index contributed by atoms with van der Waals surface area (Å²) in [5.74, 6) is -0.264. The lowest BCUT2D eigenvalue weighted by molar-refractivity contribution is -0.124. The predicted octanol–water partition coefficient (Wildman–Crippen LogP) is 0.917. The summed E-state index contributed by atoms with van der Waals surface area (Å²) >= 11 is 0. The van der Waals surface area contributed by atoms with Crippen LogP contribution < -0.4 is 0 Å². The van der Waals surface area contributed by atoms with Crippen LogP contribution >= 0.6 is 0 Å². The number of aliphatic hydroxyl groups is 2. The first-order valence-electron chi connectivity index (χ1n) is 5.81. The first kappa shape index (κ1) is 12.5. The summed E-state index contributed by atoms with van der Waals surface area (Å²) < 4.78 is 10.7. The lowest BCUT2D eigenvalue weighted by Gasteiger charge is -2.14. The molecule has 0 aromatic heterocycles. The molecular formula is C13H18O4. The lowest BCUT2D eigenvalue weighted by Crippen LogP contribution is -2.29. The molecule has 0 aliphatic carbocycles. The van der Waals surface area contributed by atoms with Gasteiger partial charge in [0.05, 0.1) is 19.3 Å². The van der Waals surface area contributed by atoms with Crippen LogP contribution in [0.5, 0.6) is 0 Å². The average Bonchev–Trinajstić information content (AvgIpc) is 2.59. The van der Waals surface area contributed by atoms with E-state index < -0.39 is 18.5 Å². The van der Waals surface area contributed by atoms with Gasteiger partial charge in [-0.05, 0) is 5.56 Å². The molecule has 4 nitrogen and oxygen atoms in total. The molecule has 2 N–H and O–H groups in total. The highest BCUT2D eigenvalue weighted by molar-refractivity contribution is 5.13. The van der Waals surface area contributed by atoms with E-state index in [9.17, 15) is 10.2 Å². The average molecular weight is 238 g/mol. The molecule has 4 heteroatoms. The summed E-state index contributed by atoms with van der Waals surface area (Å²) in [6, 6.07) is 9.80. The zero-order chi connectivity index (χ0) is 12.3. The molecule has 4 unspecified atom stereocenters. The van der Waals surface area contributed by atoms with E-state index in [4.69, 9.17) is 9.47 Å². The van der Waals surface area contributed by atoms with E-state index in [1.807, 2.05) is 30.3 Å². The van der Waals surface area contributed by atoms with Crippen molar-refractivity contribution in [3.8, 4) is 0 Å². The third-order valence-electron chi connectivity index (χ3n) is 3.08. The maximum atomic E-state index is 9.76. The minimum Gasteiger partial charge on any atom is -0.390 e. The summed E-state index contributed by atoms with van der Waals surface area (Å²) in [5, 5.41) is 19.2. The molecule has 1 fully saturated rings. The van der Waals surface area contributed by atoms with Crippen LogP contribution in [0.1, 0.15) is 12.5 Å². The molecule has 1 heterocycles. The first-order valence-corrected chi connectivity index (χ1v) is 5.81. The van der Waals surface area contributed by atoms with Gasteiger partial charge in [-0.1, -0.05) is 37.3 Å². The van der Waals surface area contributed by atoms with Crippen LogP contribution in [-0.4, -0.2) is 35.3 Å². The smallest absolute Gasteiger partial charge is 0.160 e. The Kier molecular flexibility index (Phi) is 4.12. The van der Waals surface area contributed by atoms with Crippen LogP contribution in [0.25, 0.3) is 0 Å². The van der Waals surface area contributed by atoms with Crippen molar-refractivity contribution >= 4 is 0 Å². The van der Waals surface area contributed by atoms with Crippen LogP contribution in [0.15, 0.2) is 30.3 Å². The largest absolute Gasteiger partial charge is 0.390 e. The van der Waals surface area contributed by atoms with Crippen molar-refractivity contribution in [2.45, 2.75) is 32.0 Å². The minimum atomic E-state index is -0.893. The van der Waals surface area contributed by atoms with Crippen molar-refractivity contribution in [3.05, 3.63) is 35.9 Å². The Morgan fingerprint density at radius 1 is 1.24 bits per heavy atom. The standard InChI is InChI=1S/C13H18O4/c1-9-12(14)11(17-13(9)15)8-16-7-10-5-3-2-4-6-10/h2-6,9,11-15H,7-8H2,1H3. The molecular weight excluding hydrogens is 220 g/mol. The Balaban J connectivity index is 1.76. The highest BCUT2D eigenvalue weighted by Crippen LogP contribution is 2.25. The lowest BCUT2D eigenvalue weighted by atomic mass is 10.0. The molecule has 1 aliphatic rings. The van der Waals surface area contributed by atoms with Gasteiger partial charge in [0.15, 0.2) is 6.29 Å². The van der Waals surface area contributed by atoms with Gasteiger partial charge in [0, 0.05) is 5.92 Å². The Hall–Kier alpha value is -0.940. The molecule has 0 amide bonds. The van der Waals surface area contributed by atoms with Gasteiger partial charge >= 0.3 is 0 Å². The summed E-state index contributed by atoms with van der Waals surface area (Å²) in [6.07, 6.45) is -2.00. The summed E-state index contributed by atoms with van der Waals surface area (Å²) in [4.78, 5) is 0. The molecule has 1 saturated heterocycles. The number of ether oxygens (including phenoxy) is 2. The van der Waals surface area contributed by atoms with Gasteiger partial charge in [-0.15, -0.1) is 0 Å². The van der Waals surface area contributed by atoms with Crippen LogP contribution in [0.2, 0.25) is 0 Å². The number of hydrogen-bond acceptors (Lipinski definition) is 4. The second-order valence-electron chi connectivity index (χ2n) is 4.42. The van der Waals surface area contributed by atoms with Gasteiger partial charge in [0.1, 0.15) is 6.10 Å². The topological polar surface area (TPSA) is 58.9 Å². The van der Waals surface area contributed by atoms with E-state index in [0.717, 1.165) is 5.56 Å². The second kappa shape index (κ2) is 5.60. The fraction of sp³-hybridized carbons (Fsp3) is 0.538. The fourth-order valence-corrected chi connectivity index (χ4v) is 1.90. The van der Waals surface area contributed by atoms with Crippen molar-refractivity contribution in [2.75, 3.05) is 6.61 Å². The molecule has 2 rings (SSSR count). The van der Waals surface area contributed by atoms with Gasteiger partial charge in [-0.2, -0.15) is 0 Å². The Bertz CT molecular complexity index is 341. The number of rotatable bonds is 4. The van der Waals surface area contributed by atoms with Crippen LogP contribution in [0, 0.1) is 5.92 Å². The van der Waals surface area contributed by atoms with Gasteiger partial charge in [0.25, 0.3) is 0 Å². The normalized spacial score (nSPS) is 32.9. The summed E-state index contributed by atoms with van der Waals surface area (Å²) in [6.45, 7) is 2.53. The van der Waals surface area contributed by atoms with Gasteiger partial charge in [0.2, 0.25) is 0 Å². The second-order valence-corrected chi connectivity index (χ2v) is 4.42. The van der Waals surface area contributed by atoms with Crippen molar-refractivity contribution in [3.63, 3.8) is 0 Å². The number of benzene rings is 1. The monoisotopic (exact) mass is 238 g/mol. The maximum absolute atomic E-state index is 9.76. The quantitative estimate of drug-likeness (QED) is 0.819.